The molecule has 66 valence electrons. The SMILES string of the molecule is CCN(C(=O)OC)C(C)CCl. The zero-order valence-corrected chi connectivity index (χ0v) is 7.89. The van der Waals surface area contributed by atoms with Crippen molar-refractivity contribution in [3.63, 3.8) is 0 Å². The van der Waals surface area contributed by atoms with Crippen molar-refractivity contribution in [3.8, 4) is 0 Å². The van der Waals surface area contributed by atoms with Crippen LogP contribution in [0.3, 0.4) is 0 Å². The minimum Gasteiger partial charge on any atom is -0.453 e. The van der Waals surface area contributed by atoms with E-state index in [9.17, 15) is 4.79 Å². The molecule has 0 aromatic rings. The minimum atomic E-state index is -0.319. The summed E-state index contributed by atoms with van der Waals surface area (Å²) in [5, 5.41) is 0. The van der Waals surface area contributed by atoms with Crippen LogP contribution in [0, 0.1) is 0 Å². The van der Waals surface area contributed by atoms with E-state index in [4.69, 9.17) is 11.6 Å². The number of carbonyl (C=O) groups excluding carboxylic acids is 1. The van der Waals surface area contributed by atoms with Gasteiger partial charge in [0.2, 0.25) is 0 Å². The first-order valence-corrected chi connectivity index (χ1v) is 4.11. The molecule has 0 saturated heterocycles. The number of hydrogen-bond acceptors (Lipinski definition) is 2. The molecule has 4 heteroatoms. The van der Waals surface area contributed by atoms with Gasteiger partial charge in [0.05, 0.1) is 7.11 Å². The van der Waals surface area contributed by atoms with Gasteiger partial charge in [0, 0.05) is 18.5 Å². The Bertz CT molecular complexity index is 130. The predicted octanol–water partition coefficient (Wildman–Crippen LogP) is 1.70. The Morgan fingerprint density at radius 3 is 2.55 bits per heavy atom. The van der Waals surface area contributed by atoms with E-state index < -0.39 is 0 Å². The van der Waals surface area contributed by atoms with E-state index in [1.807, 2.05) is 13.8 Å². The largest absolute Gasteiger partial charge is 0.453 e. The lowest BCUT2D eigenvalue weighted by molar-refractivity contribution is 0.115. The van der Waals surface area contributed by atoms with E-state index in [2.05, 4.69) is 4.74 Å². The van der Waals surface area contributed by atoms with Gasteiger partial charge in [-0.3, -0.25) is 0 Å². The molecule has 0 rings (SSSR count). The second-order valence-electron chi connectivity index (χ2n) is 2.26. The summed E-state index contributed by atoms with van der Waals surface area (Å²) in [7, 11) is 1.37. The number of nitrogens with zero attached hydrogens (tertiary/aromatic N) is 1. The van der Waals surface area contributed by atoms with Crippen molar-refractivity contribution in [2.75, 3.05) is 19.5 Å². The van der Waals surface area contributed by atoms with E-state index in [0.717, 1.165) is 0 Å². The number of amides is 1. The molecule has 0 aromatic carbocycles. The molecule has 3 nitrogen and oxygen atoms in total. The number of ether oxygens (including phenoxy) is 1. The molecule has 0 saturated carbocycles. The minimum absolute atomic E-state index is 0.0362. The predicted molar refractivity (Wildman–Crippen MR) is 45.0 cm³/mol. The smallest absolute Gasteiger partial charge is 0.409 e. The lowest BCUT2D eigenvalue weighted by Gasteiger charge is -2.24. The van der Waals surface area contributed by atoms with Gasteiger partial charge in [-0.25, -0.2) is 4.79 Å². The van der Waals surface area contributed by atoms with Crippen LogP contribution in [0.4, 0.5) is 4.79 Å². The fraction of sp³-hybridized carbons (Fsp3) is 0.857. The fourth-order valence-corrected chi connectivity index (χ4v) is 0.988. The summed E-state index contributed by atoms with van der Waals surface area (Å²) in [6, 6.07) is 0.0362. The van der Waals surface area contributed by atoms with Gasteiger partial charge >= 0.3 is 6.09 Å². The zero-order valence-electron chi connectivity index (χ0n) is 7.13. The fourth-order valence-electron chi connectivity index (χ4n) is 0.821. The Morgan fingerprint density at radius 2 is 2.27 bits per heavy atom. The highest BCUT2D eigenvalue weighted by Gasteiger charge is 2.17. The summed E-state index contributed by atoms with van der Waals surface area (Å²) >= 11 is 5.58. The molecular weight excluding hydrogens is 166 g/mol. The summed E-state index contributed by atoms with van der Waals surface area (Å²) in [5.41, 5.74) is 0. The average molecular weight is 180 g/mol. The second-order valence-corrected chi connectivity index (χ2v) is 2.57. The Hall–Kier alpha value is -0.440. The van der Waals surface area contributed by atoms with Crippen molar-refractivity contribution >= 4 is 17.7 Å². The molecule has 0 heterocycles. The standard InChI is InChI=1S/C7H14ClNO2/c1-4-9(6(2)5-8)7(10)11-3/h6H,4-5H2,1-3H3. The second kappa shape index (κ2) is 5.24. The van der Waals surface area contributed by atoms with Crippen molar-refractivity contribution < 1.29 is 9.53 Å². The van der Waals surface area contributed by atoms with Crippen LogP contribution in [-0.2, 0) is 4.74 Å². The third-order valence-corrected chi connectivity index (χ3v) is 1.95. The Morgan fingerprint density at radius 1 is 1.73 bits per heavy atom. The van der Waals surface area contributed by atoms with Crippen molar-refractivity contribution in [1.82, 2.24) is 4.90 Å². The molecule has 0 fully saturated rings. The van der Waals surface area contributed by atoms with Crippen LogP contribution in [-0.4, -0.2) is 36.6 Å². The first kappa shape index (κ1) is 10.6. The number of halogens is 1. The molecule has 1 atom stereocenters. The van der Waals surface area contributed by atoms with Gasteiger partial charge in [0.1, 0.15) is 0 Å². The Kier molecular flexibility index (Phi) is 5.03. The molecule has 0 bridgehead atoms. The molecule has 0 aromatic heterocycles. The number of alkyl halides is 1. The third kappa shape index (κ3) is 2.97. The van der Waals surface area contributed by atoms with Gasteiger partial charge in [-0.15, -0.1) is 11.6 Å². The van der Waals surface area contributed by atoms with Crippen molar-refractivity contribution in [2.24, 2.45) is 0 Å². The molecule has 0 spiro atoms. The van der Waals surface area contributed by atoms with E-state index >= 15 is 0 Å². The van der Waals surface area contributed by atoms with Gasteiger partial charge in [0.25, 0.3) is 0 Å². The molecule has 0 radical (unpaired) electrons. The summed E-state index contributed by atoms with van der Waals surface area (Å²) in [4.78, 5) is 12.6. The van der Waals surface area contributed by atoms with Crippen molar-refractivity contribution in [3.05, 3.63) is 0 Å². The van der Waals surface area contributed by atoms with Gasteiger partial charge in [-0.2, -0.15) is 0 Å². The molecule has 0 aliphatic rings. The number of carbonyl (C=O) groups is 1. The third-order valence-electron chi connectivity index (χ3n) is 1.51. The first-order valence-electron chi connectivity index (χ1n) is 3.57. The molecule has 0 N–H and O–H groups in total. The van der Waals surface area contributed by atoms with E-state index in [1.54, 1.807) is 4.90 Å². The van der Waals surface area contributed by atoms with Crippen LogP contribution in [0.25, 0.3) is 0 Å². The molecule has 11 heavy (non-hydrogen) atoms. The zero-order chi connectivity index (χ0) is 8.85. The van der Waals surface area contributed by atoms with E-state index in [-0.39, 0.29) is 12.1 Å². The molecule has 1 amide bonds. The molecular formula is C7H14ClNO2. The van der Waals surface area contributed by atoms with Gasteiger partial charge in [0.15, 0.2) is 0 Å². The lowest BCUT2D eigenvalue weighted by Crippen LogP contribution is -2.39. The Labute approximate surface area is 72.3 Å². The van der Waals surface area contributed by atoms with Crippen LogP contribution in [0.2, 0.25) is 0 Å². The maximum Gasteiger partial charge on any atom is 0.409 e. The van der Waals surface area contributed by atoms with Gasteiger partial charge in [-0.1, -0.05) is 0 Å². The van der Waals surface area contributed by atoms with Crippen LogP contribution in [0.15, 0.2) is 0 Å². The van der Waals surface area contributed by atoms with Gasteiger partial charge in [-0.05, 0) is 13.8 Å². The molecule has 1 unspecified atom stereocenters. The molecule has 0 aliphatic heterocycles. The van der Waals surface area contributed by atoms with Gasteiger partial charge < -0.3 is 9.64 Å². The summed E-state index contributed by atoms with van der Waals surface area (Å²) < 4.78 is 4.55. The maximum absolute atomic E-state index is 11.0. The highest BCUT2D eigenvalue weighted by atomic mass is 35.5. The summed E-state index contributed by atoms with van der Waals surface area (Å²) in [6.07, 6.45) is -0.319. The molecule has 0 aliphatic carbocycles. The number of hydrogen-bond donors (Lipinski definition) is 0. The number of methoxy groups -OCH3 is 1. The van der Waals surface area contributed by atoms with Crippen LogP contribution < -0.4 is 0 Å². The van der Waals surface area contributed by atoms with E-state index in [0.29, 0.717) is 12.4 Å². The maximum atomic E-state index is 11.0. The average Bonchev–Trinajstić information content (AvgIpc) is 2.05. The quantitative estimate of drug-likeness (QED) is 0.618. The summed E-state index contributed by atoms with van der Waals surface area (Å²) in [5.74, 6) is 0.433. The summed E-state index contributed by atoms with van der Waals surface area (Å²) in [6.45, 7) is 4.40. The highest BCUT2D eigenvalue weighted by Crippen LogP contribution is 2.02. The highest BCUT2D eigenvalue weighted by molar-refractivity contribution is 6.18. The normalized spacial score (nSPS) is 12.4. The van der Waals surface area contributed by atoms with Crippen molar-refractivity contribution in [1.29, 1.82) is 0 Å². The Balaban J connectivity index is 4.03. The van der Waals surface area contributed by atoms with Crippen molar-refractivity contribution in [2.45, 2.75) is 19.9 Å². The van der Waals surface area contributed by atoms with Crippen LogP contribution in [0.5, 0.6) is 0 Å². The van der Waals surface area contributed by atoms with Crippen LogP contribution in [0.1, 0.15) is 13.8 Å². The first-order chi connectivity index (χ1) is 5.17. The number of rotatable bonds is 3. The topological polar surface area (TPSA) is 29.5 Å². The lowest BCUT2D eigenvalue weighted by atomic mass is 10.3. The monoisotopic (exact) mass is 179 g/mol. The van der Waals surface area contributed by atoms with Crippen LogP contribution >= 0.6 is 11.6 Å². The van der Waals surface area contributed by atoms with E-state index in [1.165, 1.54) is 7.11 Å².